The molecule has 0 saturated carbocycles. The largest absolute Gasteiger partial charge is 0.481 e. The van der Waals surface area contributed by atoms with Gasteiger partial charge in [-0.25, -0.2) is 4.98 Å². The third kappa shape index (κ3) is 4.91. The van der Waals surface area contributed by atoms with Crippen LogP contribution in [0.15, 0.2) is 18.3 Å². The molecular formula is C13H15F3N2O2. The van der Waals surface area contributed by atoms with Gasteiger partial charge in [-0.2, -0.15) is 13.2 Å². The molecule has 110 valence electrons. The molecule has 20 heavy (non-hydrogen) atoms. The van der Waals surface area contributed by atoms with Gasteiger partial charge in [0.1, 0.15) is 0 Å². The number of carbonyl (C=O) groups is 1. The number of nitrogens with zero attached hydrogens (tertiary/aromatic N) is 1. The molecule has 1 heterocycles. The zero-order valence-electron chi connectivity index (χ0n) is 11.1. The van der Waals surface area contributed by atoms with Gasteiger partial charge in [0.25, 0.3) is 0 Å². The van der Waals surface area contributed by atoms with Crippen molar-refractivity contribution in [3.8, 4) is 5.88 Å². The summed E-state index contributed by atoms with van der Waals surface area (Å²) in [7, 11) is 1.34. The van der Waals surface area contributed by atoms with Gasteiger partial charge in [-0.3, -0.25) is 4.79 Å². The maximum absolute atomic E-state index is 12.6. The van der Waals surface area contributed by atoms with E-state index in [2.05, 4.69) is 10.3 Å². The van der Waals surface area contributed by atoms with Gasteiger partial charge < -0.3 is 10.1 Å². The van der Waals surface area contributed by atoms with E-state index in [-0.39, 0.29) is 17.4 Å². The number of alkyl halides is 3. The van der Waals surface area contributed by atoms with Gasteiger partial charge in [0, 0.05) is 25.2 Å². The lowest BCUT2D eigenvalue weighted by Crippen LogP contribution is -2.20. The molecule has 7 heteroatoms. The summed E-state index contributed by atoms with van der Waals surface area (Å²) in [5.41, 5.74) is -0.593. The second kappa shape index (κ2) is 6.93. The van der Waals surface area contributed by atoms with Gasteiger partial charge in [0.05, 0.1) is 12.7 Å². The summed E-state index contributed by atoms with van der Waals surface area (Å²) in [5.74, 6) is -0.0366. The van der Waals surface area contributed by atoms with Crippen molar-refractivity contribution in [2.45, 2.75) is 19.5 Å². The molecule has 1 amide bonds. The van der Waals surface area contributed by atoms with E-state index in [4.69, 9.17) is 4.74 Å². The Bertz CT molecular complexity index is 499. The van der Waals surface area contributed by atoms with E-state index in [1.165, 1.54) is 20.1 Å². The molecule has 1 aromatic heterocycles. The molecule has 0 bridgehead atoms. The first-order chi connectivity index (χ1) is 9.34. The first-order valence-corrected chi connectivity index (χ1v) is 5.87. The summed E-state index contributed by atoms with van der Waals surface area (Å²) in [5, 5.41) is 2.58. The average molecular weight is 288 g/mol. The zero-order valence-corrected chi connectivity index (χ0v) is 11.1. The van der Waals surface area contributed by atoms with Crippen molar-refractivity contribution in [2.24, 2.45) is 0 Å². The summed E-state index contributed by atoms with van der Waals surface area (Å²) < 4.78 is 42.7. The molecule has 1 aromatic rings. The van der Waals surface area contributed by atoms with Gasteiger partial charge >= 0.3 is 6.18 Å². The summed E-state index contributed by atoms with van der Waals surface area (Å²) in [4.78, 5) is 14.3. The van der Waals surface area contributed by atoms with Crippen molar-refractivity contribution in [3.63, 3.8) is 0 Å². The Balaban J connectivity index is 2.81. The highest BCUT2D eigenvalue weighted by molar-refractivity contribution is 5.72. The van der Waals surface area contributed by atoms with Crippen LogP contribution in [-0.2, 0) is 11.0 Å². The molecule has 0 saturated heterocycles. The Hall–Kier alpha value is -2.05. The fourth-order valence-corrected chi connectivity index (χ4v) is 1.46. The molecule has 0 unspecified atom stereocenters. The Labute approximate surface area is 114 Å². The third-order valence-corrected chi connectivity index (χ3v) is 2.38. The maximum Gasteiger partial charge on any atom is 0.417 e. The number of ether oxygens (including phenoxy) is 1. The minimum absolute atomic E-state index is 0.119. The zero-order chi connectivity index (χ0) is 15.2. The lowest BCUT2D eigenvalue weighted by Gasteiger charge is -2.09. The number of rotatable bonds is 5. The molecule has 0 aliphatic heterocycles. The third-order valence-electron chi connectivity index (χ3n) is 2.38. The molecule has 0 aromatic carbocycles. The highest BCUT2D eigenvalue weighted by Crippen LogP contribution is 2.31. The van der Waals surface area contributed by atoms with Crippen molar-refractivity contribution in [2.75, 3.05) is 13.7 Å². The number of aromatic nitrogens is 1. The topological polar surface area (TPSA) is 51.2 Å². The molecule has 4 nitrogen and oxygen atoms in total. The predicted molar refractivity (Wildman–Crippen MR) is 68.1 cm³/mol. The van der Waals surface area contributed by atoms with Crippen LogP contribution in [0, 0.1) is 0 Å². The van der Waals surface area contributed by atoms with Crippen LogP contribution >= 0.6 is 0 Å². The van der Waals surface area contributed by atoms with E-state index in [1.54, 1.807) is 6.08 Å². The van der Waals surface area contributed by atoms with Crippen molar-refractivity contribution in [1.29, 1.82) is 0 Å². The van der Waals surface area contributed by atoms with E-state index in [9.17, 15) is 18.0 Å². The SMILES string of the molecule is COc1ncc(C(F)(F)F)cc1C=CCCNC(C)=O. The lowest BCUT2D eigenvalue weighted by atomic mass is 10.1. The minimum Gasteiger partial charge on any atom is -0.481 e. The molecule has 0 radical (unpaired) electrons. The second-order valence-corrected chi connectivity index (χ2v) is 3.99. The highest BCUT2D eigenvalue weighted by Gasteiger charge is 2.31. The fraction of sp³-hybridized carbons (Fsp3) is 0.385. The van der Waals surface area contributed by atoms with Crippen LogP contribution in [0.3, 0.4) is 0 Å². The highest BCUT2D eigenvalue weighted by atomic mass is 19.4. The van der Waals surface area contributed by atoms with Crippen LogP contribution in [0.4, 0.5) is 13.2 Å². The quantitative estimate of drug-likeness (QED) is 0.847. The maximum atomic E-state index is 12.6. The summed E-state index contributed by atoms with van der Waals surface area (Å²) >= 11 is 0. The second-order valence-electron chi connectivity index (χ2n) is 3.99. The minimum atomic E-state index is -4.45. The van der Waals surface area contributed by atoms with Crippen LogP contribution in [0.2, 0.25) is 0 Å². The van der Waals surface area contributed by atoms with Crippen LogP contribution in [-0.4, -0.2) is 24.5 Å². The number of amides is 1. The molecule has 0 fully saturated rings. The smallest absolute Gasteiger partial charge is 0.417 e. The number of nitrogens with one attached hydrogen (secondary N) is 1. The monoisotopic (exact) mass is 288 g/mol. The van der Waals surface area contributed by atoms with E-state index in [0.29, 0.717) is 13.0 Å². The summed E-state index contributed by atoms with van der Waals surface area (Å²) in [6.45, 7) is 1.81. The first-order valence-electron chi connectivity index (χ1n) is 5.87. The van der Waals surface area contributed by atoms with Crippen LogP contribution in [0.5, 0.6) is 5.88 Å². The Morgan fingerprint density at radius 2 is 2.20 bits per heavy atom. The normalized spacial score (nSPS) is 11.7. The summed E-state index contributed by atoms with van der Waals surface area (Å²) in [6.07, 6.45) is -0.0803. The molecule has 0 aliphatic rings. The number of hydrogen-bond donors (Lipinski definition) is 1. The van der Waals surface area contributed by atoms with Gasteiger partial charge in [-0.15, -0.1) is 0 Å². The predicted octanol–water partition coefficient (Wildman–Crippen LogP) is 2.65. The van der Waals surface area contributed by atoms with E-state index in [0.717, 1.165) is 12.3 Å². The van der Waals surface area contributed by atoms with Crippen molar-refractivity contribution in [3.05, 3.63) is 29.5 Å². The van der Waals surface area contributed by atoms with Crippen molar-refractivity contribution in [1.82, 2.24) is 10.3 Å². The number of methoxy groups -OCH3 is 1. The molecular weight excluding hydrogens is 273 g/mol. The Morgan fingerprint density at radius 1 is 1.50 bits per heavy atom. The van der Waals surface area contributed by atoms with Crippen LogP contribution < -0.4 is 10.1 Å². The number of hydrogen-bond acceptors (Lipinski definition) is 3. The lowest BCUT2D eigenvalue weighted by molar-refractivity contribution is -0.137. The van der Waals surface area contributed by atoms with E-state index >= 15 is 0 Å². The first kappa shape index (κ1) is 16.0. The van der Waals surface area contributed by atoms with Crippen LogP contribution in [0.25, 0.3) is 6.08 Å². The van der Waals surface area contributed by atoms with Gasteiger partial charge in [-0.05, 0) is 12.5 Å². The number of carbonyl (C=O) groups excluding carboxylic acids is 1. The van der Waals surface area contributed by atoms with Gasteiger partial charge in [0.2, 0.25) is 11.8 Å². The Morgan fingerprint density at radius 3 is 2.75 bits per heavy atom. The molecule has 0 spiro atoms. The fourth-order valence-electron chi connectivity index (χ4n) is 1.46. The standard InChI is InChI=1S/C13H15F3N2O2/c1-9(19)17-6-4-3-5-10-7-11(13(14,15)16)8-18-12(10)20-2/h3,5,7-8H,4,6H2,1-2H3,(H,17,19). The molecule has 1 rings (SSSR count). The average Bonchev–Trinajstić information content (AvgIpc) is 2.36. The van der Waals surface area contributed by atoms with Crippen molar-refractivity contribution >= 4 is 12.0 Å². The number of halogens is 3. The molecule has 1 N–H and O–H groups in total. The summed E-state index contributed by atoms with van der Waals surface area (Å²) in [6, 6.07) is 0.973. The van der Waals surface area contributed by atoms with Crippen LogP contribution in [0.1, 0.15) is 24.5 Å². The van der Waals surface area contributed by atoms with E-state index < -0.39 is 11.7 Å². The van der Waals surface area contributed by atoms with Gasteiger partial charge in [-0.1, -0.05) is 12.2 Å². The molecule has 0 atom stereocenters. The van der Waals surface area contributed by atoms with Crippen molar-refractivity contribution < 1.29 is 22.7 Å². The number of pyridine rings is 1. The Kier molecular flexibility index (Phi) is 5.54. The van der Waals surface area contributed by atoms with E-state index in [1.807, 2.05) is 0 Å². The van der Waals surface area contributed by atoms with Gasteiger partial charge in [0.15, 0.2) is 0 Å². The molecule has 0 aliphatic carbocycles.